The molecule has 1 aliphatic carbocycles. The van der Waals surface area contributed by atoms with Crippen molar-refractivity contribution in [2.45, 2.75) is 76.9 Å². The SMILES string of the molecule is CC(C)(C)[C@@H](c1ccc(O)cc1)C(NC(=O)O)C(=O)N1CCC[C@H]1C(=O)N[C@@H]1CCCc2ccccc21. The van der Waals surface area contributed by atoms with Gasteiger partial charge in [-0.25, -0.2) is 4.79 Å². The fourth-order valence-electron chi connectivity index (χ4n) is 5.95. The van der Waals surface area contributed by atoms with Crippen LogP contribution in [-0.2, 0) is 16.0 Å². The molecule has 2 aliphatic rings. The molecule has 0 spiro atoms. The van der Waals surface area contributed by atoms with Gasteiger partial charge in [0.1, 0.15) is 17.8 Å². The van der Waals surface area contributed by atoms with Crippen molar-refractivity contribution in [3.63, 3.8) is 0 Å². The lowest BCUT2D eigenvalue weighted by Gasteiger charge is -2.39. The molecule has 8 nitrogen and oxygen atoms in total. The van der Waals surface area contributed by atoms with Crippen molar-refractivity contribution in [1.29, 1.82) is 0 Å². The second-order valence-electron chi connectivity index (χ2n) is 11.2. The van der Waals surface area contributed by atoms with E-state index in [2.05, 4.69) is 22.8 Å². The third-order valence-electron chi connectivity index (χ3n) is 7.59. The average molecular weight is 508 g/mol. The maximum Gasteiger partial charge on any atom is 0.405 e. The van der Waals surface area contributed by atoms with E-state index in [0.717, 1.165) is 30.4 Å². The van der Waals surface area contributed by atoms with Crippen LogP contribution < -0.4 is 10.6 Å². The van der Waals surface area contributed by atoms with E-state index in [9.17, 15) is 24.6 Å². The van der Waals surface area contributed by atoms with Gasteiger partial charge in [0, 0.05) is 12.5 Å². The molecule has 4 rings (SSSR count). The van der Waals surface area contributed by atoms with Gasteiger partial charge in [-0.1, -0.05) is 57.2 Å². The predicted octanol–water partition coefficient (Wildman–Crippen LogP) is 4.34. The van der Waals surface area contributed by atoms with E-state index in [-0.39, 0.29) is 17.7 Å². The Morgan fingerprint density at radius 1 is 1.00 bits per heavy atom. The van der Waals surface area contributed by atoms with Crippen molar-refractivity contribution in [3.8, 4) is 5.75 Å². The summed E-state index contributed by atoms with van der Waals surface area (Å²) >= 11 is 0. The van der Waals surface area contributed by atoms with Crippen LogP contribution in [0.15, 0.2) is 48.5 Å². The first-order valence-electron chi connectivity index (χ1n) is 13.0. The van der Waals surface area contributed by atoms with Crippen molar-refractivity contribution in [3.05, 3.63) is 65.2 Å². The number of aryl methyl sites for hydroxylation is 1. The summed E-state index contributed by atoms with van der Waals surface area (Å²) in [5, 5.41) is 25.1. The van der Waals surface area contributed by atoms with Crippen LogP contribution >= 0.6 is 0 Å². The quantitative estimate of drug-likeness (QED) is 0.464. The Labute approximate surface area is 218 Å². The number of nitrogens with zero attached hydrogens (tertiary/aromatic N) is 1. The second-order valence-corrected chi connectivity index (χ2v) is 11.2. The molecule has 37 heavy (non-hydrogen) atoms. The molecule has 8 heteroatoms. The van der Waals surface area contributed by atoms with Crippen LogP contribution in [0, 0.1) is 5.41 Å². The molecule has 0 aromatic heterocycles. The number of hydrogen-bond acceptors (Lipinski definition) is 4. The molecule has 3 amide bonds. The number of fused-ring (bicyclic) bond motifs is 1. The molecule has 4 N–H and O–H groups in total. The summed E-state index contributed by atoms with van der Waals surface area (Å²) in [6.45, 7) is 6.23. The van der Waals surface area contributed by atoms with Gasteiger partial charge < -0.3 is 25.7 Å². The van der Waals surface area contributed by atoms with Gasteiger partial charge in [-0.05, 0) is 66.3 Å². The standard InChI is InChI=1S/C29H37N3O5/c1-29(2,3)24(19-13-15-20(33)16-14-19)25(31-28(36)37)27(35)32-17-7-12-23(32)26(34)30-22-11-6-9-18-8-4-5-10-21(18)22/h4-5,8,10,13-16,22-25,31,33H,6-7,9,11-12,17H2,1-3H3,(H,30,34)(H,36,37)/t22-,23+,24+,25?/m1/s1. The molecule has 198 valence electrons. The molecular formula is C29H37N3O5. The Balaban J connectivity index is 1.59. The number of rotatable bonds is 6. The Bertz CT molecular complexity index is 1140. The summed E-state index contributed by atoms with van der Waals surface area (Å²) < 4.78 is 0. The first-order chi connectivity index (χ1) is 17.6. The van der Waals surface area contributed by atoms with E-state index < -0.39 is 35.4 Å². The zero-order chi connectivity index (χ0) is 26.7. The number of hydrogen-bond donors (Lipinski definition) is 4. The largest absolute Gasteiger partial charge is 0.508 e. The highest BCUT2D eigenvalue weighted by atomic mass is 16.4. The third kappa shape index (κ3) is 5.89. The van der Waals surface area contributed by atoms with Crippen LogP contribution in [0.5, 0.6) is 5.75 Å². The lowest BCUT2D eigenvalue weighted by molar-refractivity contribution is -0.141. The Hall–Kier alpha value is -3.55. The van der Waals surface area contributed by atoms with E-state index in [1.165, 1.54) is 17.7 Å². The van der Waals surface area contributed by atoms with E-state index >= 15 is 0 Å². The van der Waals surface area contributed by atoms with Crippen molar-refractivity contribution < 1.29 is 24.6 Å². The van der Waals surface area contributed by atoms with E-state index in [1.807, 2.05) is 32.9 Å². The van der Waals surface area contributed by atoms with Crippen molar-refractivity contribution in [1.82, 2.24) is 15.5 Å². The smallest absolute Gasteiger partial charge is 0.405 e. The topological polar surface area (TPSA) is 119 Å². The molecule has 2 aromatic carbocycles. The van der Waals surface area contributed by atoms with Gasteiger partial charge >= 0.3 is 6.09 Å². The molecule has 4 atom stereocenters. The monoisotopic (exact) mass is 507 g/mol. The van der Waals surface area contributed by atoms with Gasteiger partial charge in [0.2, 0.25) is 11.8 Å². The second kappa shape index (κ2) is 10.8. The summed E-state index contributed by atoms with van der Waals surface area (Å²) in [5.41, 5.74) is 2.61. The van der Waals surface area contributed by atoms with Crippen LogP contribution in [0.4, 0.5) is 4.79 Å². The number of aromatic hydroxyl groups is 1. The minimum Gasteiger partial charge on any atom is -0.508 e. The summed E-state index contributed by atoms with van der Waals surface area (Å²) in [4.78, 5) is 40.9. The minimum absolute atomic E-state index is 0.0889. The number of nitrogens with one attached hydrogen (secondary N) is 2. The average Bonchev–Trinajstić information content (AvgIpc) is 3.34. The highest BCUT2D eigenvalue weighted by Crippen LogP contribution is 2.40. The fourth-order valence-corrected chi connectivity index (χ4v) is 5.95. The zero-order valence-corrected chi connectivity index (χ0v) is 21.7. The van der Waals surface area contributed by atoms with E-state index in [1.54, 1.807) is 17.0 Å². The van der Waals surface area contributed by atoms with E-state index in [4.69, 9.17) is 0 Å². The molecule has 2 aromatic rings. The maximum absolute atomic E-state index is 14.0. The van der Waals surface area contributed by atoms with Crippen LogP contribution in [0.3, 0.4) is 0 Å². The normalized spacial score (nSPS) is 21.0. The summed E-state index contributed by atoms with van der Waals surface area (Å²) in [7, 11) is 0. The van der Waals surface area contributed by atoms with Gasteiger partial charge in [0.15, 0.2) is 0 Å². The molecule has 1 heterocycles. The first kappa shape index (κ1) is 26.5. The van der Waals surface area contributed by atoms with E-state index in [0.29, 0.717) is 19.4 Å². The molecule has 0 bridgehead atoms. The van der Waals surface area contributed by atoms with Crippen LogP contribution in [0.25, 0.3) is 0 Å². The van der Waals surface area contributed by atoms with Crippen molar-refractivity contribution in [2.24, 2.45) is 5.41 Å². The number of phenolic OH excluding ortho intramolecular Hbond substituents is 1. The predicted molar refractivity (Wildman–Crippen MR) is 140 cm³/mol. The summed E-state index contributed by atoms with van der Waals surface area (Å²) in [6.07, 6.45) is 2.73. The zero-order valence-electron chi connectivity index (χ0n) is 21.7. The Kier molecular flexibility index (Phi) is 7.76. The number of benzene rings is 2. The van der Waals surface area contributed by atoms with Gasteiger partial charge in [-0.15, -0.1) is 0 Å². The molecular weight excluding hydrogens is 470 g/mol. The van der Waals surface area contributed by atoms with Gasteiger partial charge in [0.05, 0.1) is 6.04 Å². The van der Waals surface area contributed by atoms with Crippen molar-refractivity contribution in [2.75, 3.05) is 6.54 Å². The molecule has 1 saturated heterocycles. The van der Waals surface area contributed by atoms with Gasteiger partial charge in [-0.2, -0.15) is 0 Å². The third-order valence-corrected chi connectivity index (χ3v) is 7.59. The number of carbonyl (C=O) groups excluding carboxylic acids is 2. The summed E-state index contributed by atoms with van der Waals surface area (Å²) in [6, 6.07) is 12.8. The highest BCUT2D eigenvalue weighted by Gasteiger charge is 2.44. The number of carbonyl (C=O) groups is 3. The number of likely N-dealkylation sites (tertiary alicyclic amines) is 1. The maximum atomic E-state index is 14.0. The lowest BCUT2D eigenvalue weighted by Crippen LogP contribution is -2.57. The lowest BCUT2D eigenvalue weighted by atomic mass is 9.71. The van der Waals surface area contributed by atoms with Crippen LogP contribution in [0.1, 0.15) is 75.1 Å². The van der Waals surface area contributed by atoms with Crippen molar-refractivity contribution >= 4 is 17.9 Å². The van der Waals surface area contributed by atoms with Crippen LogP contribution in [-0.4, -0.2) is 51.6 Å². The number of phenols is 1. The fraction of sp³-hybridized carbons (Fsp3) is 0.483. The minimum atomic E-state index is -1.30. The number of carboxylic acid groups (broad SMARTS) is 1. The number of amides is 3. The molecule has 0 radical (unpaired) electrons. The molecule has 1 aliphatic heterocycles. The Morgan fingerprint density at radius 3 is 2.38 bits per heavy atom. The van der Waals surface area contributed by atoms with Crippen LogP contribution in [0.2, 0.25) is 0 Å². The first-order valence-corrected chi connectivity index (χ1v) is 13.0. The molecule has 1 unspecified atom stereocenters. The molecule has 0 saturated carbocycles. The summed E-state index contributed by atoms with van der Waals surface area (Å²) in [5.74, 6) is -1.03. The van der Waals surface area contributed by atoms with Gasteiger partial charge in [0.25, 0.3) is 0 Å². The van der Waals surface area contributed by atoms with Gasteiger partial charge in [-0.3, -0.25) is 9.59 Å². The Morgan fingerprint density at radius 2 is 1.70 bits per heavy atom. The highest BCUT2D eigenvalue weighted by molar-refractivity contribution is 5.92. The molecule has 1 fully saturated rings.